The zero-order chi connectivity index (χ0) is 18.7. The summed E-state index contributed by atoms with van der Waals surface area (Å²) in [5.74, 6) is 0.398. The van der Waals surface area contributed by atoms with Gasteiger partial charge in [-0.15, -0.1) is 5.73 Å². The standard InChI is InChI=1S/C21H33NO2S/c1-5-6-7-8-9-12-20(13-10-11-18(2)3)22-25(23,24)21-16-14-19(4)15-17-21/h11,13-18,20,22H,5-9,12H2,1-4H3. The maximum atomic E-state index is 12.6. The molecule has 1 aromatic rings. The molecule has 0 heterocycles. The van der Waals surface area contributed by atoms with E-state index >= 15 is 0 Å². The Bertz CT molecular complexity index is 654. The fourth-order valence-electron chi connectivity index (χ4n) is 2.49. The van der Waals surface area contributed by atoms with Gasteiger partial charge in [-0.05, 0) is 43.5 Å². The third-order valence-corrected chi connectivity index (χ3v) is 5.49. The number of benzene rings is 1. The van der Waals surface area contributed by atoms with Gasteiger partial charge in [0.1, 0.15) is 0 Å². The van der Waals surface area contributed by atoms with Crippen LogP contribution in [0.5, 0.6) is 0 Å². The van der Waals surface area contributed by atoms with Crippen molar-refractivity contribution in [2.45, 2.75) is 77.2 Å². The molecule has 0 spiro atoms. The fraction of sp³-hybridized carbons (Fsp3) is 0.571. The van der Waals surface area contributed by atoms with E-state index in [0.29, 0.717) is 10.8 Å². The van der Waals surface area contributed by atoms with E-state index in [1.54, 1.807) is 12.1 Å². The summed E-state index contributed by atoms with van der Waals surface area (Å²) in [5.41, 5.74) is 4.19. The van der Waals surface area contributed by atoms with E-state index in [2.05, 4.69) is 31.2 Å². The quantitative estimate of drug-likeness (QED) is 0.424. The molecule has 0 aliphatic carbocycles. The van der Waals surface area contributed by atoms with Crippen LogP contribution in [0.25, 0.3) is 0 Å². The number of rotatable bonds is 11. The minimum absolute atomic E-state index is 0.220. The number of aryl methyl sites for hydroxylation is 1. The SMILES string of the molecule is CCCCCCCC(C=C=CC(C)C)NS(=O)(=O)c1ccc(C)cc1. The Kier molecular flexibility index (Phi) is 9.81. The first-order valence-corrected chi connectivity index (χ1v) is 10.8. The van der Waals surface area contributed by atoms with Crippen LogP contribution in [0, 0.1) is 12.8 Å². The monoisotopic (exact) mass is 363 g/mol. The van der Waals surface area contributed by atoms with Crippen molar-refractivity contribution in [2.75, 3.05) is 0 Å². The van der Waals surface area contributed by atoms with Gasteiger partial charge in [0.25, 0.3) is 0 Å². The molecule has 3 nitrogen and oxygen atoms in total. The second-order valence-corrected chi connectivity index (χ2v) is 8.70. The lowest BCUT2D eigenvalue weighted by Gasteiger charge is -2.15. The molecule has 0 aliphatic heterocycles. The highest BCUT2D eigenvalue weighted by molar-refractivity contribution is 7.89. The van der Waals surface area contributed by atoms with Gasteiger partial charge >= 0.3 is 0 Å². The minimum Gasteiger partial charge on any atom is -0.207 e. The second-order valence-electron chi connectivity index (χ2n) is 6.99. The molecule has 0 aliphatic rings. The lowest BCUT2D eigenvalue weighted by Crippen LogP contribution is -2.33. The first-order valence-electron chi connectivity index (χ1n) is 9.37. The van der Waals surface area contributed by atoms with Crippen LogP contribution in [-0.2, 0) is 10.0 Å². The normalized spacial score (nSPS) is 12.7. The minimum atomic E-state index is -3.51. The lowest BCUT2D eigenvalue weighted by molar-refractivity contribution is 0.538. The Balaban J connectivity index is 2.79. The van der Waals surface area contributed by atoms with Gasteiger partial charge in [-0.25, -0.2) is 13.1 Å². The van der Waals surface area contributed by atoms with Crippen molar-refractivity contribution in [3.8, 4) is 0 Å². The predicted molar refractivity (Wildman–Crippen MR) is 106 cm³/mol. The zero-order valence-electron chi connectivity index (χ0n) is 16.1. The highest BCUT2D eigenvalue weighted by Crippen LogP contribution is 2.14. The third kappa shape index (κ3) is 9.06. The van der Waals surface area contributed by atoms with Gasteiger partial charge in [0, 0.05) is 6.04 Å². The van der Waals surface area contributed by atoms with Crippen molar-refractivity contribution in [1.82, 2.24) is 4.72 Å². The zero-order valence-corrected chi connectivity index (χ0v) is 16.9. The van der Waals surface area contributed by atoms with Gasteiger partial charge in [0.15, 0.2) is 0 Å². The van der Waals surface area contributed by atoms with Crippen molar-refractivity contribution in [2.24, 2.45) is 5.92 Å². The van der Waals surface area contributed by atoms with Crippen LogP contribution in [0.3, 0.4) is 0 Å². The van der Waals surface area contributed by atoms with E-state index in [1.165, 1.54) is 19.3 Å². The molecule has 0 saturated heterocycles. The molecular weight excluding hydrogens is 330 g/mol. The first-order chi connectivity index (χ1) is 11.8. The average Bonchev–Trinajstić information content (AvgIpc) is 2.54. The van der Waals surface area contributed by atoms with E-state index in [9.17, 15) is 8.42 Å². The molecule has 0 aromatic heterocycles. The molecule has 4 heteroatoms. The molecule has 1 unspecified atom stereocenters. The molecule has 1 N–H and O–H groups in total. The van der Waals surface area contributed by atoms with Crippen LogP contribution in [0.2, 0.25) is 0 Å². The predicted octanol–water partition coefficient (Wildman–Crippen LogP) is 5.37. The molecule has 1 aromatic carbocycles. The maximum absolute atomic E-state index is 12.6. The van der Waals surface area contributed by atoms with Gasteiger partial charge in [-0.2, -0.15) is 0 Å². The van der Waals surface area contributed by atoms with Crippen molar-refractivity contribution in [3.05, 3.63) is 47.7 Å². The molecule has 0 radical (unpaired) electrons. The highest BCUT2D eigenvalue weighted by atomic mass is 32.2. The Morgan fingerprint density at radius 2 is 1.68 bits per heavy atom. The summed E-state index contributed by atoms with van der Waals surface area (Å²) < 4.78 is 28.1. The lowest BCUT2D eigenvalue weighted by atomic mass is 10.1. The van der Waals surface area contributed by atoms with Gasteiger partial charge in [0.2, 0.25) is 10.0 Å². The Morgan fingerprint density at radius 3 is 2.28 bits per heavy atom. The Morgan fingerprint density at radius 1 is 1.04 bits per heavy atom. The smallest absolute Gasteiger partial charge is 0.207 e. The highest BCUT2D eigenvalue weighted by Gasteiger charge is 2.18. The van der Waals surface area contributed by atoms with Crippen LogP contribution in [0.15, 0.2) is 47.0 Å². The number of sulfonamides is 1. The molecule has 0 saturated carbocycles. The summed E-state index contributed by atoms with van der Waals surface area (Å²) in [6, 6.07) is 6.74. The third-order valence-electron chi connectivity index (χ3n) is 3.98. The van der Waals surface area contributed by atoms with Crippen molar-refractivity contribution >= 4 is 10.0 Å². The number of unbranched alkanes of at least 4 members (excludes halogenated alkanes) is 4. The van der Waals surface area contributed by atoms with Gasteiger partial charge in [-0.3, -0.25) is 0 Å². The van der Waals surface area contributed by atoms with Crippen molar-refractivity contribution < 1.29 is 8.42 Å². The van der Waals surface area contributed by atoms with Gasteiger partial charge in [-0.1, -0.05) is 70.6 Å². The van der Waals surface area contributed by atoms with Crippen molar-refractivity contribution in [1.29, 1.82) is 0 Å². The summed E-state index contributed by atoms with van der Waals surface area (Å²) in [6.45, 7) is 8.30. The molecule has 1 atom stereocenters. The van der Waals surface area contributed by atoms with E-state index in [-0.39, 0.29) is 6.04 Å². The first kappa shape index (κ1) is 21.7. The molecule has 0 fully saturated rings. The Hall–Kier alpha value is -1.35. The van der Waals surface area contributed by atoms with E-state index in [4.69, 9.17) is 0 Å². The van der Waals surface area contributed by atoms with Crippen LogP contribution < -0.4 is 4.72 Å². The number of nitrogens with one attached hydrogen (secondary N) is 1. The number of hydrogen-bond donors (Lipinski definition) is 1. The molecule has 25 heavy (non-hydrogen) atoms. The number of hydrogen-bond acceptors (Lipinski definition) is 2. The molecule has 140 valence electrons. The van der Waals surface area contributed by atoms with Crippen LogP contribution in [0.4, 0.5) is 0 Å². The summed E-state index contributed by atoms with van der Waals surface area (Å²) in [6.07, 6.45) is 10.4. The van der Waals surface area contributed by atoms with Crippen LogP contribution in [-0.4, -0.2) is 14.5 Å². The summed E-state index contributed by atoms with van der Waals surface area (Å²) in [7, 11) is -3.51. The van der Waals surface area contributed by atoms with Gasteiger partial charge in [0.05, 0.1) is 4.90 Å². The second kappa shape index (κ2) is 11.3. The molecule has 1 rings (SSSR count). The van der Waals surface area contributed by atoms with E-state index in [0.717, 1.165) is 24.8 Å². The van der Waals surface area contributed by atoms with Gasteiger partial charge < -0.3 is 0 Å². The van der Waals surface area contributed by atoms with E-state index in [1.807, 2.05) is 31.2 Å². The molecular formula is C21H33NO2S. The van der Waals surface area contributed by atoms with Crippen molar-refractivity contribution in [3.63, 3.8) is 0 Å². The van der Waals surface area contributed by atoms with Crippen LogP contribution >= 0.6 is 0 Å². The average molecular weight is 364 g/mol. The summed E-state index contributed by atoms with van der Waals surface area (Å²) in [4.78, 5) is 0.315. The fourth-order valence-corrected chi connectivity index (χ4v) is 3.71. The van der Waals surface area contributed by atoms with Crippen LogP contribution in [0.1, 0.15) is 64.9 Å². The largest absolute Gasteiger partial charge is 0.241 e. The molecule has 0 amide bonds. The maximum Gasteiger partial charge on any atom is 0.241 e. The Labute approximate surface area is 154 Å². The van der Waals surface area contributed by atoms with E-state index < -0.39 is 10.0 Å². The topological polar surface area (TPSA) is 46.2 Å². The summed E-state index contributed by atoms with van der Waals surface area (Å²) >= 11 is 0. The summed E-state index contributed by atoms with van der Waals surface area (Å²) in [5, 5.41) is 0. The molecule has 0 bridgehead atoms.